The molecule has 0 aliphatic heterocycles. The number of hydrogen-bond donors (Lipinski definition) is 1. The lowest BCUT2D eigenvalue weighted by atomic mass is 10.1. The van der Waals surface area contributed by atoms with E-state index in [9.17, 15) is 4.79 Å². The van der Waals surface area contributed by atoms with Gasteiger partial charge >= 0.3 is 0 Å². The van der Waals surface area contributed by atoms with Crippen molar-refractivity contribution in [3.63, 3.8) is 0 Å². The summed E-state index contributed by atoms with van der Waals surface area (Å²) < 4.78 is 10.6. The maximum atomic E-state index is 12.3. The summed E-state index contributed by atoms with van der Waals surface area (Å²) in [5.41, 5.74) is 2.17. The van der Waals surface area contributed by atoms with E-state index >= 15 is 0 Å². The van der Waals surface area contributed by atoms with Crippen LogP contribution in [0.3, 0.4) is 0 Å². The summed E-state index contributed by atoms with van der Waals surface area (Å²) in [5.74, 6) is 0.517. The Labute approximate surface area is 138 Å². The molecule has 1 N–H and O–H groups in total. The van der Waals surface area contributed by atoms with E-state index in [1.54, 1.807) is 25.4 Å². The number of pyridine rings is 1. The minimum atomic E-state index is -0.286. The van der Waals surface area contributed by atoms with Gasteiger partial charge in [-0.05, 0) is 18.6 Å². The third kappa shape index (κ3) is 3.00. The molecule has 0 radical (unpaired) electrons. The Hall–Kier alpha value is -2.53. The van der Waals surface area contributed by atoms with Gasteiger partial charge in [0.05, 0.1) is 12.1 Å². The highest BCUT2D eigenvalue weighted by molar-refractivity contribution is 6.35. The number of nitrogens with one attached hydrogen (secondary N) is 1. The lowest BCUT2D eigenvalue weighted by Crippen LogP contribution is -2.23. The number of aromatic nitrogens is 1. The van der Waals surface area contributed by atoms with E-state index in [1.807, 2.05) is 25.1 Å². The number of methoxy groups -OCH3 is 1. The van der Waals surface area contributed by atoms with Gasteiger partial charge in [-0.1, -0.05) is 29.8 Å². The minimum Gasteiger partial charge on any atom is -0.481 e. The highest BCUT2D eigenvalue weighted by Gasteiger charge is 2.18. The van der Waals surface area contributed by atoms with Crippen LogP contribution < -0.4 is 10.1 Å². The van der Waals surface area contributed by atoms with Gasteiger partial charge in [-0.15, -0.1) is 0 Å². The fourth-order valence-electron chi connectivity index (χ4n) is 2.32. The van der Waals surface area contributed by atoms with Gasteiger partial charge in [-0.25, -0.2) is 4.98 Å². The number of carbonyl (C=O) groups is 1. The van der Waals surface area contributed by atoms with Gasteiger partial charge in [0.1, 0.15) is 0 Å². The zero-order valence-corrected chi connectivity index (χ0v) is 13.5. The molecule has 0 spiro atoms. The van der Waals surface area contributed by atoms with Gasteiger partial charge in [0.2, 0.25) is 5.88 Å². The molecule has 5 nitrogen and oxygen atoms in total. The molecule has 1 aromatic carbocycles. The van der Waals surface area contributed by atoms with Crippen molar-refractivity contribution < 1.29 is 13.9 Å². The number of fused-ring (bicyclic) bond motifs is 1. The van der Waals surface area contributed by atoms with E-state index in [0.29, 0.717) is 23.0 Å². The molecule has 23 heavy (non-hydrogen) atoms. The van der Waals surface area contributed by atoms with Crippen LogP contribution in [-0.4, -0.2) is 18.0 Å². The number of carbonyl (C=O) groups excluding carboxylic acids is 1. The number of hydrogen-bond acceptors (Lipinski definition) is 4. The molecule has 0 aliphatic carbocycles. The minimum absolute atomic E-state index is 0.273. The Morgan fingerprint density at radius 3 is 2.83 bits per heavy atom. The number of aryl methyl sites for hydroxylation is 1. The van der Waals surface area contributed by atoms with Crippen LogP contribution >= 0.6 is 11.6 Å². The fraction of sp³-hybridized carbons (Fsp3) is 0.176. The molecule has 0 aliphatic rings. The molecule has 0 unspecified atom stereocenters. The van der Waals surface area contributed by atoms with Gasteiger partial charge in [0, 0.05) is 29.8 Å². The van der Waals surface area contributed by atoms with E-state index in [1.165, 1.54) is 0 Å². The van der Waals surface area contributed by atoms with Crippen molar-refractivity contribution in [3.05, 3.63) is 58.4 Å². The van der Waals surface area contributed by atoms with Crippen molar-refractivity contribution in [2.45, 2.75) is 13.5 Å². The monoisotopic (exact) mass is 330 g/mol. The summed E-state index contributed by atoms with van der Waals surface area (Å²) in [6.07, 6.45) is 1.65. The van der Waals surface area contributed by atoms with Crippen molar-refractivity contribution in [2.24, 2.45) is 0 Å². The van der Waals surface area contributed by atoms with Crippen LogP contribution in [0.25, 0.3) is 11.0 Å². The van der Waals surface area contributed by atoms with Crippen LogP contribution in [0.4, 0.5) is 0 Å². The van der Waals surface area contributed by atoms with E-state index in [0.717, 1.165) is 16.5 Å². The van der Waals surface area contributed by atoms with Gasteiger partial charge in [-0.2, -0.15) is 0 Å². The lowest BCUT2D eigenvalue weighted by molar-refractivity contribution is 0.0924. The highest BCUT2D eigenvalue weighted by atomic mass is 35.5. The second kappa shape index (κ2) is 6.30. The largest absolute Gasteiger partial charge is 0.481 e. The molecule has 118 valence electrons. The summed E-state index contributed by atoms with van der Waals surface area (Å²) >= 11 is 6.10. The number of rotatable bonds is 4. The van der Waals surface area contributed by atoms with Crippen molar-refractivity contribution in [3.8, 4) is 5.88 Å². The lowest BCUT2D eigenvalue weighted by Gasteiger charge is -2.04. The molecule has 2 heterocycles. The molecule has 6 heteroatoms. The predicted molar refractivity (Wildman–Crippen MR) is 87.9 cm³/mol. The molecule has 3 rings (SSSR count). The number of furan rings is 1. The normalized spacial score (nSPS) is 10.7. The molecule has 0 fully saturated rings. The Morgan fingerprint density at radius 1 is 1.35 bits per heavy atom. The first-order valence-electron chi connectivity index (χ1n) is 7.05. The molecule has 3 aromatic rings. The first kappa shape index (κ1) is 15.4. The number of benzene rings is 1. The summed E-state index contributed by atoms with van der Waals surface area (Å²) in [6, 6.07) is 9.03. The second-order valence-electron chi connectivity index (χ2n) is 5.06. The van der Waals surface area contributed by atoms with E-state index in [-0.39, 0.29) is 11.7 Å². The second-order valence-corrected chi connectivity index (χ2v) is 5.47. The van der Waals surface area contributed by atoms with Crippen LogP contribution in [-0.2, 0) is 6.54 Å². The molecule has 1 amide bonds. The topological polar surface area (TPSA) is 64.4 Å². The van der Waals surface area contributed by atoms with Gasteiger partial charge in [-0.3, -0.25) is 4.79 Å². The first-order chi connectivity index (χ1) is 11.1. The quantitative estimate of drug-likeness (QED) is 0.791. The van der Waals surface area contributed by atoms with Crippen LogP contribution in [0, 0.1) is 6.92 Å². The number of amides is 1. The van der Waals surface area contributed by atoms with Crippen molar-refractivity contribution in [1.29, 1.82) is 0 Å². The number of halogens is 1. The van der Waals surface area contributed by atoms with Crippen LogP contribution in [0.5, 0.6) is 5.88 Å². The van der Waals surface area contributed by atoms with Gasteiger partial charge in [0.15, 0.2) is 11.3 Å². The van der Waals surface area contributed by atoms with Crippen LogP contribution in [0.1, 0.15) is 21.7 Å². The molecular formula is C17H15ClN2O3. The van der Waals surface area contributed by atoms with Crippen LogP contribution in [0.15, 0.2) is 40.9 Å². The molecule has 2 aromatic heterocycles. The zero-order valence-electron chi connectivity index (χ0n) is 12.7. The predicted octanol–water partition coefficient (Wildman–Crippen LogP) is 3.73. The Bertz CT molecular complexity index is 856. The standard InChI is InChI=1S/C17H15ClN2O3/c1-10-12-4-3-5-13(18)16(12)23-15(10)17(21)20-9-11-6-7-14(22-2)19-8-11/h3-8H,9H2,1-2H3,(H,20,21). The summed E-state index contributed by atoms with van der Waals surface area (Å²) in [4.78, 5) is 16.4. The Kier molecular flexibility index (Phi) is 4.21. The molecule has 0 saturated heterocycles. The third-order valence-electron chi connectivity index (χ3n) is 3.58. The summed E-state index contributed by atoms with van der Waals surface area (Å²) in [7, 11) is 1.55. The van der Waals surface area contributed by atoms with Crippen molar-refractivity contribution >= 4 is 28.5 Å². The summed E-state index contributed by atoms with van der Waals surface area (Å²) in [6.45, 7) is 2.19. The van der Waals surface area contributed by atoms with Gasteiger partial charge < -0.3 is 14.5 Å². The zero-order chi connectivity index (χ0) is 16.4. The highest BCUT2D eigenvalue weighted by Crippen LogP contribution is 2.30. The van der Waals surface area contributed by atoms with Crippen molar-refractivity contribution in [1.82, 2.24) is 10.3 Å². The summed E-state index contributed by atoms with van der Waals surface area (Å²) in [5, 5.41) is 4.15. The maximum absolute atomic E-state index is 12.3. The Balaban J connectivity index is 1.78. The average molecular weight is 331 g/mol. The Morgan fingerprint density at radius 2 is 2.17 bits per heavy atom. The third-order valence-corrected chi connectivity index (χ3v) is 3.88. The smallest absolute Gasteiger partial charge is 0.287 e. The van der Waals surface area contributed by atoms with E-state index < -0.39 is 0 Å². The molecular weight excluding hydrogens is 316 g/mol. The molecule has 0 saturated carbocycles. The van der Waals surface area contributed by atoms with Crippen molar-refractivity contribution in [2.75, 3.05) is 7.11 Å². The maximum Gasteiger partial charge on any atom is 0.287 e. The molecule has 0 atom stereocenters. The number of ether oxygens (including phenoxy) is 1. The van der Waals surface area contributed by atoms with E-state index in [2.05, 4.69) is 10.3 Å². The SMILES string of the molecule is COc1ccc(CNC(=O)c2oc3c(Cl)cccc3c2C)cn1. The first-order valence-corrected chi connectivity index (χ1v) is 7.42. The van der Waals surface area contributed by atoms with Crippen LogP contribution in [0.2, 0.25) is 5.02 Å². The number of para-hydroxylation sites is 1. The van der Waals surface area contributed by atoms with Gasteiger partial charge in [0.25, 0.3) is 5.91 Å². The van der Waals surface area contributed by atoms with E-state index in [4.69, 9.17) is 20.8 Å². The number of nitrogens with zero attached hydrogens (tertiary/aromatic N) is 1. The molecule has 0 bridgehead atoms. The average Bonchev–Trinajstić information content (AvgIpc) is 2.92. The fourth-order valence-corrected chi connectivity index (χ4v) is 2.54.